The smallest absolute Gasteiger partial charge is 0.247 e. The van der Waals surface area contributed by atoms with E-state index in [4.69, 9.17) is 11.6 Å². The highest BCUT2D eigenvalue weighted by Crippen LogP contribution is 2.21. The van der Waals surface area contributed by atoms with Gasteiger partial charge in [-0.25, -0.2) is 0 Å². The van der Waals surface area contributed by atoms with Crippen LogP contribution >= 0.6 is 11.6 Å². The van der Waals surface area contributed by atoms with Crippen molar-refractivity contribution in [2.45, 2.75) is 32.2 Å². The van der Waals surface area contributed by atoms with Gasteiger partial charge in [-0.05, 0) is 61.9 Å². The maximum atomic E-state index is 13.0. The summed E-state index contributed by atoms with van der Waals surface area (Å²) in [7, 11) is 0. The van der Waals surface area contributed by atoms with Crippen LogP contribution in [0.2, 0.25) is 5.02 Å². The number of para-hydroxylation sites is 1. The van der Waals surface area contributed by atoms with Gasteiger partial charge in [0.15, 0.2) is 0 Å². The Hall–Kier alpha value is -3.70. The molecule has 0 bridgehead atoms. The van der Waals surface area contributed by atoms with Crippen LogP contribution in [0.5, 0.6) is 0 Å². The number of aliphatic imine (C=N–C) groups is 1. The predicted molar refractivity (Wildman–Crippen MR) is 144 cm³/mol. The van der Waals surface area contributed by atoms with Gasteiger partial charge < -0.3 is 10.6 Å². The van der Waals surface area contributed by atoms with E-state index in [1.165, 1.54) is 5.56 Å². The third-order valence-electron chi connectivity index (χ3n) is 5.60. The molecule has 0 radical (unpaired) electrons. The van der Waals surface area contributed by atoms with Gasteiger partial charge in [0, 0.05) is 29.1 Å². The van der Waals surface area contributed by atoms with Crippen LogP contribution in [0.15, 0.2) is 89.4 Å². The highest BCUT2D eigenvalue weighted by atomic mass is 35.5. The minimum absolute atomic E-state index is 0.220. The summed E-state index contributed by atoms with van der Waals surface area (Å²) in [5, 5.41) is 6.49. The van der Waals surface area contributed by atoms with Gasteiger partial charge in [0.2, 0.25) is 11.8 Å². The third-order valence-corrected chi connectivity index (χ3v) is 5.85. The summed E-state index contributed by atoms with van der Waals surface area (Å²) in [6.07, 6.45) is 3.78. The molecule has 0 spiro atoms. The number of nitrogens with zero attached hydrogens (tertiary/aromatic N) is 1. The van der Waals surface area contributed by atoms with Crippen molar-refractivity contribution < 1.29 is 9.59 Å². The summed E-state index contributed by atoms with van der Waals surface area (Å²) in [5.41, 5.74) is 4.08. The number of nitrogens with one attached hydrogen (secondary N) is 2. The van der Waals surface area contributed by atoms with Crippen LogP contribution in [0.3, 0.4) is 0 Å². The van der Waals surface area contributed by atoms with Crippen LogP contribution in [-0.2, 0) is 22.4 Å². The molecule has 5 nitrogen and oxygen atoms in total. The largest absolute Gasteiger partial charge is 0.354 e. The molecule has 0 fully saturated rings. The lowest BCUT2D eigenvalue weighted by Gasteiger charge is -2.19. The molecule has 3 aromatic carbocycles. The molecule has 3 rings (SSSR count). The molecule has 1 atom stereocenters. The van der Waals surface area contributed by atoms with Crippen molar-refractivity contribution in [1.82, 2.24) is 10.6 Å². The quantitative estimate of drug-likeness (QED) is 0.211. The van der Waals surface area contributed by atoms with E-state index in [0.29, 0.717) is 29.2 Å². The first-order valence-corrected chi connectivity index (χ1v) is 11.9. The van der Waals surface area contributed by atoms with Crippen molar-refractivity contribution in [2.24, 2.45) is 4.99 Å². The van der Waals surface area contributed by atoms with E-state index < -0.39 is 6.04 Å². The molecule has 180 valence electrons. The van der Waals surface area contributed by atoms with E-state index in [2.05, 4.69) is 34.5 Å². The first kappa shape index (κ1) is 25.9. The first-order chi connectivity index (χ1) is 17.0. The molecule has 35 heavy (non-hydrogen) atoms. The molecule has 0 aliphatic carbocycles. The Morgan fingerprint density at radius 3 is 2.37 bits per heavy atom. The molecule has 0 aliphatic rings. The zero-order chi connectivity index (χ0) is 25.0. The van der Waals surface area contributed by atoms with E-state index in [9.17, 15) is 9.59 Å². The Morgan fingerprint density at radius 2 is 1.66 bits per heavy atom. The van der Waals surface area contributed by atoms with Gasteiger partial charge in [0.1, 0.15) is 6.04 Å². The summed E-state index contributed by atoms with van der Waals surface area (Å²) in [6.45, 7) is 5.82. The molecule has 2 amide bonds. The molecule has 0 saturated carbocycles. The fourth-order valence-electron chi connectivity index (χ4n) is 3.66. The molecule has 6 heteroatoms. The molecular formula is C29H30ClN3O2. The summed E-state index contributed by atoms with van der Waals surface area (Å²) in [5.74, 6) is -0.537. The number of carbonyl (C=O) groups excluding carboxylic acids is 2. The minimum atomic E-state index is -0.725. The number of hydrogen-bond donors (Lipinski definition) is 2. The second-order valence-electron chi connectivity index (χ2n) is 8.28. The van der Waals surface area contributed by atoms with Crippen molar-refractivity contribution >= 4 is 41.9 Å². The fourth-order valence-corrected chi connectivity index (χ4v) is 3.79. The third kappa shape index (κ3) is 8.23. The van der Waals surface area contributed by atoms with E-state index in [-0.39, 0.29) is 11.8 Å². The summed E-state index contributed by atoms with van der Waals surface area (Å²) >= 11 is 6.00. The maximum Gasteiger partial charge on any atom is 0.247 e. The molecule has 0 aromatic heterocycles. The SMILES string of the molecule is C=Nc1ccccc1/C=C(\C)C(=O)N[C@@H](Cc1ccc(Cl)cc1)C(=O)NCCCc1ccccc1. The average molecular weight is 488 g/mol. The molecule has 0 unspecified atom stereocenters. The van der Waals surface area contributed by atoms with Crippen LogP contribution in [0.25, 0.3) is 6.08 Å². The zero-order valence-corrected chi connectivity index (χ0v) is 20.6. The van der Waals surface area contributed by atoms with Crippen LogP contribution < -0.4 is 10.6 Å². The second-order valence-corrected chi connectivity index (χ2v) is 8.72. The molecule has 2 N–H and O–H groups in total. The van der Waals surface area contributed by atoms with Crippen molar-refractivity contribution in [3.05, 3.63) is 106 Å². The Labute approximate surface area is 211 Å². The molecule has 3 aromatic rings. The highest BCUT2D eigenvalue weighted by molar-refractivity contribution is 6.30. The lowest BCUT2D eigenvalue weighted by atomic mass is 10.0. The molecular weight excluding hydrogens is 458 g/mol. The van der Waals surface area contributed by atoms with Gasteiger partial charge >= 0.3 is 0 Å². The topological polar surface area (TPSA) is 70.6 Å². The lowest BCUT2D eigenvalue weighted by Crippen LogP contribution is -2.48. The minimum Gasteiger partial charge on any atom is -0.354 e. The number of aryl methyl sites for hydroxylation is 1. The lowest BCUT2D eigenvalue weighted by molar-refractivity contribution is -0.127. The van der Waals surface area contributed by atoms with Crippen molar-refractivity contribution in [2.75, 3.05) is 6.54 Å². The van der Waals surface area contributed by atoms with Crippen molar-refractivity contribution in [1.29, 1.82) is 0 Å². The predicted octanol–water partition coefficient (Wildman–Crippen LogP) is 5.55. The Morgan fingerprint density at radius 1 is 0.971 bits per heavy atom. The zero-order valence-electron chi connectivity index (χ0n) is 19.8. The Bertz CT molecular complexity index is 1170. The van der Waals surface area contributed by atoms with Gasteiger partial charge in [0.25, 0.3) is 0 Å². The Kier molecular flexibility index (Phi) is 9.81. The van der Waals surface area contributed by atoms with Gasteiger partial charge in [-0.1, -0.05) is 72.3 Å². The second kappa shape index (κ2) is 13.3. The summed E-state index contributed by atoms with van der Waals surface area (Å²) < 4.78 is 0. The number of hydrogen-bond acceptors (Lipinski definition) is 3. The van der Waals surface area contributed by atoms with Gasteiger partial charge in [-0.2, -0.15) is 0 Å². The van der Waals surface area contributed by atoms with Gasteiger partial charge in [-0.15, -0.1) is 0 Å². The molecule has 0 saturated heterocycles. The van der Waals surface area contributed by atoms with E-state index >= 15 is 0 Å². The van der Waals surface area contributed by atoms with E-state index in [1.807, 2.05) is 54.6 Å². The average Bonchev–Trinajstić information content (AvgIpc) is 2.88. The van der Waals surface area contributed by atoms with E-state index in [1.54, 1.807) is 25.1 Å². The molecule has 0 aliphatic heterocycles. The van der Waals surface area contributed by atoms with Crippen LogP contribution in [0.4, 0.5) is 5.69 Å². The normalized spacial score (nSPS) is 12.0. The number of halogens is 1. The number of rotatable bonds is 11. The van der Waals surface area contributed by atoms with Crippen LogP contribution in [0, 0.1) is 0 Å². The standard InChI is InChI=1S/C29H30ClN3O2/c1-21(19-24-12-6-7-13-26(24)31-2)28(34)33-27(20-23-14-16-25(30)17-15-23)29(35)32-18-8-11-22-9-4-3-5-10-22/h3-7,9-10,12-17,19,27H,2,8,11,18,20H2,1H3,(H,32,35)(H,33,34)/b21-19+/t27-/m0/s1. The van der Waals surface area contributed by atoms with Crippen molar-refractivity contribution in [3.63, 3.8) is 0 Å². The van der Waals surface area contributed by atoms with Crippen LogP contribution in [-0.4, -0.2) is 31.1 Å². The van der Waals surface area contributed by atoms with Gasteiger partial charge in [0.05, 0.1) is 5.69 Å². The summed E-state index contributed by atoms with van der Waals surface area (Å²) in [6, 6.07) is 24.1. The maximum absolute atomic E-state index is 13.0. The van der Waals surface area contributed by atoms with Crippen molar-refractivity contribution in [3.8, 4) is 0 Å². The number of amides is 2. The monoisotopic (exact) mass is 487 g/mol. The van der Waals surface area contributed by atoms with E-state index in [0.717, 1.165) is 24.0 Å². The molecule has 0 heterocycles. The Balaban J connectivity index is 1.67. The van der Waals surface area contributed by atoms with Crippen LogP contribution in [0.1, 0.15) is 30.0 Å². The summed E-state index contributed by atoms with van der Waals surface area (Å²) in [4.78, 5) is 30.0. The first-order valence-electron chi connectivity index (χ1n) is 11.6. The fraction of sp³-hybridized carbons (Fsp3) is 0.207. The number of benzene rings is 3. The number of carbonyl (C=O) groups is 2. The van der Waals surface area contributed by atoms with Gasteiger partial charge in [-0.3, -0.25) is 14.6 Å². The highest BCUT2D eigenvalue weighted by Gasteiger charge is 2.22.